The molecular formula is C12H13N5O. The fourth-order valence-corrected chi connectivity index (χ4v) is 1.74. The number of rotatable bonds is 4. The molecule has 0 aliphatic heterocycles. The molecule has 0 bridgehead atoms. The Hall–Kier alpha value is -2.37. The van der Waals surface area contributed by atoms with Gasteiger partial charge in [0.05, 0.1) is 29.8 Å². The van der Waals surface area contributed by atoms with Gasteiger partial charge >= 0.3 is 0 Å². The van der Waals surface area contributed by atoms with E-state index in [1.54, 1.807) is 6.20 Å². The zero-order valence-corrected chi connectivity index (χ0v) is 9.71. The zero-order chi connectivity index (χ0) is 12.5. The van der Waals surface area contributed by atoms with Crippen molar-refractivity contribution in [1.82, 2.24) is 14.9 Å². The summed E-state index contributed by atoms with van der Waals surface area (Å²) >= 11 is 0. The van der Waals surface area contributed by atoms with E-state index in [2.05, 4.69) is 15.5 Å². The van der Waals surface area contributed by atoms with Gasteiger partial charge in [-0.25, -0.2) is 0 Å². The molecule has 1 saturated carbocycles. The first-order chi connectivity index (χ1) is 8.72. The monoisotopic (exact) mass is 243 g/mol. The van der Waals surface area contributed by atoms with Gasteiger partial charge in [0, 0.05) is 11.6 Å². The molecule has 3 N–H and O–H groups in total. The van der Waals surface area contributed by atoms with Crippen LogP contribution in [0.15, 0.2) is 30.7 Å². The lowest BCUT2D eigenvalue weighted by atomic mass is 10.2. The van der Waals surface area contributed by atoms with E-state index in [-0.39, 0.29) is 0 Å². The number of hydrogen-bond donors (Lipinski definition) is 2. The van der Waals surface area contributed by atoms with Crippen LogP contribution in [0.2, 0.25) is 0 Å². The molecule has 1 aliphatic carbocycles. The third-order valence-corrected chi connectivity index (χ3v) is 2.89. The van der Waals surface area contributed by atoms with Crippen molar-refractivity contribution in [3.05, 3.63) is 42.0 Å². The lowest BCUT2D eigenvalue weighted by molar-refractivity contribution is 0.100. The van der Waals surface area contributed by atoms with Crippen molar-refractivity contribution >= 4 is 11.6 Å². The Morgan fingerprint density at radius 3 is 2.78 bits per heavy atom. The predicted molar refractivity (Wildman–Crippen MR) is 66.0 cm³/mol. The molecule has 6 heteroatoms. The Bertz CT molecular complexity index is 570. The molecule has 2 aromatic heterocycles. The standard InChI is InChI=1S/C12H13N5O/c13-12(18)9-5-15-17(7-9)16-10-3-4-11(14-6-10)8-1-2-8/h3-8,16H,1-2H2,(H2,13,18). The maximum Gasteiger partial charge on any atom is 0.251 e. The number of primary amides is 1. The van der Waals surface area contributed by atoms with E-state index in [0.717, 1.165) is 11.4 Å². The number of nitrogens with one attached hydrogen (secondary N) is 1. The van der Waals surface area contributed by atoms with Gasteiger partial charge in [-0.3, -0.25) is 15.2 Å². The van der Waals surface area contributed by atoms with Crippen molar-refractivity contribution in [3.8, 4) is 0 Å². The van der Waals surface area contributed by atoms with E-state index < -0.39 is 5.91 Å². The summed E-state index contributed by atoms with van der Waals surface area (Å²) in [7, 11) is 0. The van der Waals surface area contributed by atoms with E-state index in [1.807, 2.05) is 12.1 Å². The number of pyridine rings is 1. The highest BCUT2D eigenvalue weighted by Crippen LogP contribution is 2.38. The summed E-state index contributed by atoms with van der Waals surface area (Å²) in [6, 6.07) is 3.96. The number of nitrogens with zero attached hydrogens (tertiary/aromatic N) is 3. The highest BCUT2D eigenvalue weighted by atomic mass is 16.1. The van der Waals surface area contributed by atoms with Crippen LogP contribution in [-0.2, 0) is 0 Å². The second-order valence-electron chi connectivity index (χ2n) is 4.40. The van der Waals surface area contributed by atoms with Gasteiger partial charge in [-0.2, -0.15) is 9.89 Å². The maximum atomic E-state index is 10.9. The summed E-state index contributed by atoms with van der Waals surface area (Å²) in [4.78, 5) is 16.7. The minimum Gasteiger partial charge on any atom is -0.365 e. The number of hydrogen-bond acceptors (Lipinski definition) is 4. The second kappa shape index (κ2) is 4.14. The van der Waals surface area contributed by atoms with Crippen LogP contribution in [0.4, 0.5) is 5.69 Å². The molecule has 2 heterocycles. The Balaban J connectivity index is 1.72. The molecule has 92 valence electrons. The number of nitrogens with two attached hydrogens (primary N) is 1. The summed E-state index contributed by atoms with van der Waals surface area (Å²) < 4.78 is 0. The summed E-state index contributed by atoms with van der Waals surface area (Å²) in [6.07, 6.45) is 7.19. The Labute approximate surface area is 104 Å². The SMILES string of the molecule is NC(=O)c1cnn(Nc2ccc(C3CC3)nc2)c1. The first-order valence-corrected chi connectivity index (χ1v) is 5.80. The van der Waals surface area contributed by atoms with E-state index in [0.29, 0.717) is 11.5 Å². The Morgan fingerprint density at radius 2 is 2.22 bits per heavy atom. The smallest absolute Gasteiger partial charge is 0.251 e. The normalized spacial score (nSPS) is 14.4. The quantitative estimate of drug-likeness (QED) is 0.842. The minimum absolute atomic E-state index is 0.366. The summed E-state index contributed by atoms with van der Waals surface area (Å²) in [5.41, 5.74) is 10.5. The summed E-state index contributed by atoms with van der Waals surface area (Å²) in [6.45, 7) is 0. The highest BCUT2D eigenvalue weighted by molar-refractivity contribution is 5.92. The van der Waals surface area contributed by atoms with E-state index >= 15 is 0 Å². The third-order valence-electron chi connectivity index (χ3n) is 2.89. The number of amides is 1. The van der Waals surface area contributed by atoms with Gasteiger partial charge in [0.25, 0.3) is 5.91 Å². The minimum atomic E-state index is -0.495. The fourth-order valence-electron chi connectivity index (χ4n) is 1.74. The average molecular weight is 243 g/mol. The molecule has 0 aromatic carbocycles. The van der Waals surface area contributed by atoms with Crippen LogP contribution in [0.5, 0.6) is 0 Å². The van der Waals surface area contributed by atoms with Crippen LogP contribution >= 0.6 is 0 Å². The van der Waals surface area contributed by atoms with Gasteiger partial charge in [0.2, 0.25) is 0 Å². The number of aromatic nitrogens is 3. The molecule has 0 spiro atoms. The van der Waals surface area contributed by atoms with Gasteiger partial charge in [-0.1, -0.05) is 0 Å². The molecule has 18 heavy (non-hydrogen) atoms. The molecule has 3 rings (SSSR count). The van der Waals surface area contributed by atoms with Gasteiger partial charge in [-0.05, 0) is 25.0 Å². The molecule has 0 unspecified atom stereocenters. The number of anilines is 1. The van der Waals surface area contributed by atoms with Crippen LogP contribution in [0, 0.1) is 0 Å². The maximum absolute atomic E-state index is 10.9. The summed E-state index contributed by atoms with van der Waals surface area (Å²) in [5.74, 6) is 0.149. The molecule has 1 aliphatic rings. The molecular weight excluding hydrogens is 230 g/mol. The second-order valence-corrected chi connectivity index (χ2v) is 4.40. The summed E-state index contributed by atoms with van der Waals surface area (Å²) in [5, 5.41) is 3.98. The van der Waals surface area contributed by atoms with Crippen molar-refractivity contribution in [3.63, 3.8) is 0 Å². The van der Waals surface area contributed by atoms with E-state index in [1.165, 1.54) is 30.0 Å². The zero-order valence-electron chi connectivity index (χ0n) is 9.71. The van der Waals surface area contributed by atoms with Crippen molar-refractivity contribution < 1.29 is 4.79 Å². The van der Waals surface area contributed by atoms with Crippen molar-refractivity contribution in [2.45, 2.75) is 18.8 Å². The molecule has 1 fully saturated rings. The average Bonchev–Trinajstić information content (AvgIpc) is 3.10. The Kier molecular flexibility index (Phi) is 2.47. The van der Waals surface area contributed by atoms with Gasteiger partial charge in [0.15, 0.2) is 0 Å². The molecule has 0 radical (unpaired) electrons. The van der Waals surface area contributed by atoms with Crippen LogP contribution in [0.1, 0.15) is 34.8 Å². The number of carbonyl (C=O) groups excluding carboxylic acids is 1. The van der Waals surface area contributed by atoms with Gasteiger partial charge in [0.1, 0.15) is 0 Å². The van der Waals surface area contributed by atoms with Crippen LogP contribution in [0.25, 0.3) is 0 Å². The first kappa shape index (κ1) is 10.8. The molecule has 1 amide bonds. The molecule has 0 atom stereocenters. The largest absolute Gasteiger partial charge is 0.365 e. The lowest BCUT2D eigenvalue weighted by Gasteiger charge is -2.05. The van der Waals surface area contributed by atoms with Crippen molar-refractivity contribution in [2.75, 3.05) is 5.43 Å². The number of carbonyl (C=O) groups is 1. The van der Waals surface area contributed by atoms with Crippen LogP contribution in [-0.4, -0.2) is 20.8 Å². The Morgan fingerprint density at radius 1 is 1.39 bits per heavy atom. The topological polar surface area (TPSA) is 85.8 Å². The van der Waals surface area contributed by atoms with Crippen molar-refractivity contribution in [1.29, 1.82) is 0 Å². The van der Waals surface area contributed by atoms with Gasteiger partial charge < -0.3 is 5.73 Å². The van der Waals surface area contributed by atoms with E-state index in [9.17, 15) is 4.79 Å². The van der Waals surface area contributed by atoms with Crippen molar-refractivity contribution in [2.24, 2.45) is 5.73 Å². The molecule has 0 saturated heterocycles. The van der Waals surface area contributed by atoms with Gasteiger partial charge in [-0.15, -0.1) is 0 Å². The third kappa shape index (κ3) is 2.17. The highest BCUT2D eigenvalue weighted by Gasteiger charge is 2.24. The van der Waals surface area contributed by atoms with Crippen LogP contribution < -0.4 is 11.2 Å². The molecule has 6 nitrogen and oxygen atoms in total. The molecule has 2 aromatic rings. The van der Waals surface area contributed by atoms with Crippen LogP contribution in [0.3, 0.4) is 0 Å². The predicted octanol–water partition coefficient (Wildman–Crippen LogP) is 1.13. The fraction of sp³-hybridized carbons (Fsp3) is 0.250. The lowest BCUT2D eigenvalue weighted by Crippen LogP contribution is -2.12. The van der Waals surface area contributed by atoms with E-state index in [4.69, 9.17) is 5.73 Å². The first-order valence-electron chi connectivity index (χ1n) is 5.80.